The number of fused-ring (bicyclic) bond motifs is 1. The first-order valence-electron chi connectivity index (χ1n) is 9.35. The second-order valence-electron chi connectivity index (χ2n) is 7.49. The summed E-state index contributed by atoms with van der Waals surface area (Å²) in [6, 6.07) is 15.0. The molecule has 1 aliphatic heterocycles. The van der Waals surface area contributed by atoms with Crippen LogP contribution in [0.15, 0.2) is 48.7 Å². The molecule has 3 aromatic rings. The number of rotatable bonds is 5. The molecule has 1 aromatic heterocycles. The van der Waals surface area contributed by atoms with Crippen molar-refractivity contribution in [2.75, 3.05) is 37.4 Å². The van der Waals surface area contributed by atoms with Gasteiger partial charge in [0.05, 0.1) is 5.52 Å². The van der Waals surface area contributed by atoms with Crippen molar-refractivity contribution in [2.24, 2.45) is 5.73 Å². The highest BCUT2D eigenvalue weighted by molar-refractivity contribution is 5.83. The second kappa shape index (κ2) is 7.50. The summed E-state index contributed by atoms with van der Waals surface area (Å²) in [5, 5.41) is 4.33. The maximum absolute atomic E-state index is 6.02. The van der Waals surface area contributed by atoms with Crippen LogP contribution < -0.4 is 16.0 Å². The van der Waals surface area contributed by atoms with Gasteiger partial charge in [-0.25, -0.2) is 9.97 Å². The van der Waals surface area contributed by atoms with Gasteiger partial charge in [-0.3, -0.25) is 0 Å². The van der Waals surface area contributed by atoms with E-state index >= 15 is 0 Å². The zero-order chi connectivity index (χ0) is 18.8. The predicted molar refractivity (Wildman–Crippen MR) is 111 cm³/mol. The number of hydrogen-bond acceptors (Lipinski definition) is 6. The average Bonchev–Trinajstić information content (AvgIpc) is 3.09. The number of aromatic nitrogens is 2. The second-order valence-corrected chi connectivity index (χ2v) is 7.49. The van der Waals surface area contributed by atoms with E-state index in [4.69, 9.17) is 5.73 Å². The fourth-order valence-corrected chi connectivity index (χ4v) is 3.49. The molecule has 1 aliphatic rings. The minimum atomic E-state index is 0.271. The number of anilines is 3. The molecule has 27 heavy (non-hydrogen) atoms. The lowest BCUT2D eigenvalue weighted by atomic mass is 10.2. The van der Waals surface area contributed by atoms with E-state index in [1.54, 1.807) is 0 Å². The SMILES string of the molecule is CN(C)Cc1ccc(Nc2ncc3cc(N4CC[C@@H](N)C4)ccc3n2)cc1. The minimum Gasteiger partial charge on any atom is -0.370 e. The number of nitrogens with one attached hydrogen (secondary N) is 1. The summed E-state index contributed by atoms with van der Waals surface area (Å²) in [6.07, 6.45) is 2.93. The third-order valence-electron chi connectivity index (χ3n) is 4.86. The molecule has 0 spiro atoms. The van der Waals surface area contributed by atoms with Gasteiger partial charge in [-0.2, -0.15) is 0 Å². The van der Waals surface area contributed by atoms with E-state index in [2.05, 4.69) is 81.6 Å². The van der Waals surface area contributed by atoms with Gasteiger partial charge in [-0.15, -0.1) is 0 Å². The summed E-state index contributed by atoms with van der Waals surface area (Å²) in [5.41, 5.74) is 10.4. The third-order valence-corrected chi connectivity index (χ3v) is 4.86. The van der Waals surface area contributed by atoms with Gasteiger partial charge < -0.3 is 20.9 Å². The van der Waals surface area contributed by atoms with Crippen LogP contribution in [0.5, 0.6) is 0 Å². The van der Waals surface area contributed by atoms with Gasteiger partial charge >= 0.3 is 0 Å². The molecular weight excluding hydrogens is 336 g/mol. The van der Waals surface area contributed by atoms with Crippen molar-refractivity contribution in [1.29, 1.82) is 0 Å². The van der Waals surface area contributed by atoms with E-state index in [-0.39, 0.29) is 6.04 Å². The van der Waals surface area contributed by atoms with Crippen LogP contribution in [0, 0.1) is 0 Å². The summed E-state index contributed by atoms with van der Waals surface area (Å²) in [6.45, 7) is 2.85. The molecule has 0 unspecified atom stereocenters. The van der Waals surface area contributed by atoms with E-state index in [1.807, 2.05) is 6.20 Å². The highest BCUT2D eigenvalue weighted by Gasteiger charge is 2.19. The molecule has 3 N–H and O–H groups in total. The molecule has 0 amide bonds. The summed E-state index contributed by atoms with van der Waals surface area (Å²) in [4.78, 5) is 13.6. The van der Waals surface area contributed by atoms with Crippen molar-refractivity contribution in [3.05, 3.63) is 54.2 Å². The maximum Gasteiger partial charge on any atom is 0.227 e. The molecule has 2 heterocycles. The van der Waals surface area contributed by atoms with Crippen LogP contribution in [0.3, 0.4) is 0 Å². The molecule has 1 fully saturated rings. The Labute approximate surface area is 160 Å². The third kappa shape index (κ3) is 4.18. The molecule has 1 atom stereocenters. The van der Waals surface area contributed by atoms with E-state index < -0.39 is 0 Å². The molecule has 0 aliphatic carbocycles. The monoisotopic (exact) mass is 362 g/mol. The van der Waals surface area contributed by atoms with Crippen LogP contribution in [0.1, 0.15) is 12.0 Å². The van der Waals surface area contributed by atoms with E-state index in [9.17, 15) is 0 Å². The maximum atomic E-state index is 6.02. The standard InChI is InChI=1S/C21H26N6/c1-26(2)13-15-3-5-18(6-4-15)24-21-23-12-16-11-19(7-8-20(16)25-21)27-10-9-17(22)14-27/h3-8,11-12,17H,9-10,13-14,22H2,1-2H3,(H,23,24,25)/t17-/m1/s1. The number of hydrogen-bond donors (Lipinski definition) is 2. The highest BCUT2D eigenvalue weighted by atomic mass is 15.2. The first-order chi connectivity index (χ1) is 13.1. The molecule has 0 bridgehead atoms. The molecule has 2 aromatic carbocycles. The first-order valence-corrected chi connectivity index (χ1v) is 9.35. The van der Waals surface area contributed by atoms with Gasteiger partial charge in [-0.1, -0.05) is 12.1 Å². The lowest BCUT2D eigenvalue weighted by Crippen LogP contribution is -2.26. The largest absolute Gasteiger partial charge is 0.370 e. The van der Waals surface area contributed by atoms with Gasteiger partial charge in [0.25, 0.3) is 0 Å². The van der Waals surface area contributed by atoms with Crippen LogP contribution in [0.25, 0.3) is 10.9 Å². The van der Waals surface area contributed by atoms with Crippen LogP contribution in [-0.4, -0.2) is 48.1 Å². The topological polar surface area (TPSA) is 70.3 Å². The average molecular weight is 362 g/mol. The Kier molecular flexibility index (Phi) is 4.92. The van der Waals surface area contributed by atoms with Crippen molar-refractivity contribution in [2.45, 2.75) is 19.0 Å². The van der Waals surface area contributed by atoms with Gasteiger partial charge in [0.1, 0.15) is 0 Å². The van der Waals surface area contributed by atoms with Crippen molar-refractivity contribution in [1.82, 2.24) is 14.9 Å². The Balaban J connectivity index is 1.50. The van der Waals surface area contributed by atoms with Crippen molar-refractivity contribution in [3.63, 3.8) is 0 Å². The normalized spacial score (nSPS) is 17.0. The van der Waals surface area contributed by atoms with Gasteiger partial charge in [0.15, 0.2) is 0 Å². The fraction of sp³-hybridized carbons (Fsp3) is 0.333. The Morgan fingerprint density at radius 2 is 2.00 bits per heavy atom. The Morgan fingerprint density at radius 3 is 2.70 bits per heavy atom. The molecule has 6 nitrogen and oxygen atoms in total. The molecule has 6 heteroatoms. The Morgan fingerprint density at radius 1 is 1.19 bits per heavy atom. The Bertz CT molecular complexity index is 922. The smallest absolute Gasteiger partial charge is 0.227 e. The predicted octanol–water partition coefficient (Wildman–Crippen LogP) is 2.97. The first kappa shape index (κ1) is 17.7. The van der Waals surface area contributed by atoms with Gasteiger partial charge in [0.2, 0.25) is 5.95 Å². The lowest BCUT2D eigenvalue weighted by molar-refractivity contribution is 0.402. The van der Waals surface area contributed by atoms with Gasteiger partial charge in [0, 0.05) is 48.6 Å². The molecule has 0 radical (unpaired) electrons. The number of nitrogens with zero attached hydrogens (tertiary/aromatic N) is 4. The van der Waals surface area contributed by atoms with E-state index in [1.165, 1.54) is 11.3 Å². The van der Waals surface area contributed by atoms with Crippen LogP contribution in [0.4, 0.5) is 17.3 Å². The zero-order valence-corrected chi connectivity index (χ0v) is 15.9. The summed E-state index contributed by atoms with van der Waals surface area (Å²) >= 11 is 0. The molecular formula is C21H26N6. The van der Waals surface area contributed by atoms with E-state index in [0.717, 1.165) is 42.6 Å². The fourth-order valence-electron chi connectivity index (χ4n) is 3.49. The van der Waals surface area contributed by atoms with Crippen molar-refractivity contribution >= 4 is 28.2 Å². The lowest BCUT2D eigenvalue weighted by Gasteiger charge is -2.18. The molecule has 4 rings (SSSR count). The summed E-state index contributed by atoms with van der Waals surface area (Å²) in [5.74, 6) is 0.610. The summed E-state index contributed by atoms with van der Waals surface area (Å²) in [7, 11) is 4.14. The molecule has 0 saturated carbocycles. The molecule has 1 saturated heterocycles. The summed E-state index contributed by atoms with van der Waals surface area (Å²) < 4.78 is 0. The van der Waals surface area contributed by atoms with Crippen molar-refractivity contribution < 1.29 is 0 Å². The Hall–Kier alpha value is -2.70. The van der Waals surface area contributed by atoms with Crippen LogP contribution in [-0.2, 0) is 6.54 Å². The highest BCUT2D eigenvalue weighted by Crippen LogP contribution is 2.25. The number of nitrogens with two attached hydrogens (primary N) is 1. The van der Waals surface area contributed by atoms with E-state index in [0.29, 0.717) is 5.95 Å². The van der Waals surface area contributed by atoms with Crippen LogP contribution in [0.2, 0.25) is 0 Å². The zero-order valence-electron chi connectivity index (χ0n) is 15.9. The minimum absolute atomic E-state index is 0.271. The van der Waals surface area contributed by atoms with Crippen LogP contribution >= 0.6 is 0 Å². The quantitative estimate of drug-likeness (QED) is 0.727. The number of benzene rings is 2. The van der Waals surface area contributed by atoms with Crippen molar-refractivity contribution in [3.8, 4) is 0 Å². The molecule has 140 valence electrons. The van der Waals surface area contributed by atoms with Gasteiger partial charge in [-0.05, 0) is 56.4 Å².